The van der Waals surface area contributed by atoms with Crippen LogP contribution in [0.3, 0.4) is 0 Å². The van der Waals surface area contributed by atoms with Crippen molar-refractivity contribution in [2.24, 2.45) is 17.3 Å². The Morgan fingerprint density at radius 2 is 2.00 bits per heavy atom. The molecule has 0 heterocycles. The zero-order chi connectivity index (χ0) is 10.8. The highest BCUT2D eigenvalue weighted by molar-refractivity contribution is 5.79. The Hall–Kier alpha value is -0.330. The SMILES string of the molecule is CCCC1CC(=O)CCC1C(C)(C)C. The molecule has 1 saturated carbocycles. The van der Waals surface area contributed by atoms with Gasteiger partial charge in [-0.05, 0) is 23.7 Å². The molecule has 0 bridgehead atoms. The number of ketones is 1. The second-order valence-electron chi connectivity index (χ2n) is 5.80. The van der Waals surface area contributed by atoms with Crippen LogP contribution in [0.1, 0.15) is 59.8 Å². The van der Waals surface area contributed by atoms with E-state index in [1.54, 1.807) is 0 Å². The lowest BCUT2D eigenvalue weighted by Crippen LogP contribution is -2.34. The van der Waals surface area contributed by atoms with Gasteiger partial charge in [0.2, 0.25) is 0 Å². The Morgan fingerprint density at radius 3 is 2.50 bits per heavy atom. The van der Waals surface area contributed by atoms with Gasteiger partial charge < -0.3 is 0 Å². The van der Waals surface area contributed by atoms with Crippen LogP contribution >= 0.6 is 0 Å². The fourth-order valence-corrected chi connectivity index (χ4v) is 2.90. The van der Waals surface area contributed by atoms with E-state index in [1.165, 1.54) is 12.8 Å². The van der Waals surface area contributed by atoms with Gasteiger partial charge in [-0.15, -0.1) is 0 Å². The first kappa shape index (κ1) is 11.7. The van der Waals surface area contributed by atoms with Crippen LogP contribution in [0.2, 0.25) is 0 Å². The zero-order valence-electron chi connectivity index (χ0n) is 10.1. The minimum Gasteiger partial charge on any atom is -0.300 e. The molecular weight excluding hydrogens is 172 g/mol. The molecule has 0 saturated heterocycles. The zero-order valence-corrected chi connectivity index (χ0v) is 10.1. The van der Waals surface area contributed by atoms with Crippen LogP contribution in [0.5, 0.6) is 0 Å². The summed E-state index contributed by atoms with van der Waals surface area (Å²) >= 11 is 0. The Balaban J connectivity index is 2.67. The van der Waals surface area contributed by atoms with Gasteiger partial charge in [-0.1, -0.05) is 40.5 Å². The molecule has 1 aliphatic carbocycles. The molecule has 1 nitrogen and oxygen atoms in total. The first-order valence-corrected chi connectivity index (χ1v) is 5.97. The number of carbonyl (C=O) groups is 1. The summed E-state index contributed by atoms with van der Waals surface area (Å²) in [6, 6.07) is 0. The second kappa shape index (κ2) is 4.46. The van der Waals surface area contributed by atoms with Gasteiger partial charge in [0.1, 0.15) is 5.78 Å². The average Bonchev–Trinajstić information content (AvgIpc) is 2.02. The van der Waals surface area contributed by atoms with E-state index in [4.69, 9.17) is 0 Å². The van der Waals surface area contributed by atoms with E-state index in [9.17, 15) is 4.79 Å². The molecule has 2 atom stereocenters. The number of Topliss-reactive ketones (excluding diaryl/α,β-unsaturated/α-hetero) is 1. The smallest absolute Gasteiger partial charge is 0.133 e. The summed E-state index contributed by atoms with van der Waals surface area (Å²) in [5, 5.41) is 0. The van der Waals surface area contributed by atoms with Crippen molar-refractivity contribution < 1.29 is 4.79 Å². The van der Waals surface area contributed by atoms with Gasteiger partial charge in [-0.25, -0.2) is 0 Å². The third-order valence-corrected chi connectivity index (χ3v) is 3.56. The van der Waals surface area contributed by atoms with Gasteiger partial charge in [-0.2, -0.15) is 0 Å². The first-order chi connectivity index (χ1) is 6.45. The van der Waals surface area contributed by atoms with Gasteiger partial charge in [0.25, 0.3) is 0 Å². The molecular formula is C13H24O. The largest absolute Gasteiger partial charge is 0.300 e. The normalized spacial score (nSPS) is 29.3. The van der Waals surface area contributed by atoms with Gasteiger partial charge in [0.15, 0.2) is 0 Å². The van der Waals surface area contributed by atoms with Crippen LogP contribution in [0.15, 0.2) is 0 Å². The summed E-state index contributed by atoms with van der Waals surface area (Å²) < 4.78 is 0. The van der Waals surface area contributed by atoms with Gasteiger partial charge in [0.05, 0.1) is 0 Å². The topological polar surface area (TPSA) is 17.1 Å². The van der Waals surface area contributed by atoms with E-state index >= 15 is 0 Å². The lowest BCUT2D eigenvalue weighted by Gasteiger charge is -2.40. The minimum absolute atomic E-state index is 0.376. The van der Waals surface area contributed by atoms with Crippen LogP contribution in [-0.2, 0) is 4.79 Å². The van der Waals surface area contributed by atoms with Crippen molar-refractivity contribution in [3.05, 3.63) is 0 Å². The number of hydrogen-bond acceptors (Lipinski definition) is 1. The standard InChI is InChI=1S/C13H24O/c1-5-6-10-9-11(14)7-8-12(10)13(2,3)4/h10,12H,5-9H2,1-4H3. The molecule has 0 N–H and O–H groups in total. The fourth-order valence-electron chi connectivity index (χ4n) is 2.90. The van der Waals surface area contributed by atoms with Crippen LogP contribution in [0.4, 0.5) is 0 Å². The Bertz CT molecular complexity index is 200. The molecule has 0 aromatic carbocycles. The number of rotatable bonds is 2. The average molecular weight is 196 g/mol. The molecule has 14 heavy (non-hydrogen) atoms. The molecule has 1 rings (SSSR count). The van der Waals surface area contributed by atoms with E-state index in [1.807, 2.05) is 0 Å². The van der Waals surface area contributed by atoms with E-state index in [0.29, 0.717) is 17.1 Å². The van der Waals surface area contributed by atoms with E-state index in [2.05, 4.69) is 27.7 Å². The molecule has 1 heteroatoms. The maximum atomic E-state index is 11.4. The van der Waals surface area contributed by atoms with Gasteiger partial charge in [-0.3, -0.25) is 4.79 Å². The van der Waals surface area contributed by atoms with Gasteiger partial charge in [0, 0.05) is 12.8 Å². The maximum absolute atomic E-state index is 11.4. The Labute approximate surface area is 88.3 Å². The fraction of sp³-hybridized carbons (Fsp3) is 0.923. The minimum atomic E-state index is 0.376. The molecule has 2 unspecified atom stereocenters. The van der Waals surface area contributed by atoms with E-state index in [0.717, 1.165) is 25.2 Å². The lowest BCUT2D eigenvalue weighted by molar-refractivity contribution is -0.124. The monoisotopic (exact) mass is 196 g/mol. The third-order valence-electron chi connectivity index (χ3n) is 3.56. The van der Waals surface area contributed by atoms with Crippen molar-refractivity contribution in [1.29, 1.82) is 0 Å². The summed E-state index contributed by atoms with van der Waals surface area (Å²) in [5.74, 6) is 1.89. The van der Waals surface area contributed by atoms with E-state index < -0.39 is 0 Å². The summed E-state index contributed by atoms with van der Waals surface area (Å²) in [4.78, 5) is 11.4. The molecule has 0 aliphatic heterocycles. The molecule has 1 aliphatic rings. The van der Waals surface area contributed by atoms with Crippen LogP contribution in [0.25, 0.3) is 0 Å². The Kier molecular flexibility index (Phi) is 3.74. The summed E-state index contributed by atoms with van der Waals surface area (Å²) in [7, 11) is 0. The molecule has 0 radical (unpaired) electrons. The van der Waals surface area contributed by atoms with Crippen LogP contribution < -0.4 is 0 Å². The highest BCUT2D eigenvalue weighted by atomic mass is 16.1. The van der Waals surface area contributed by atoms with Crippen molar-refractivity contribution in [3.63, 3.8) is 0 Å². The van der Waals surface area contributed by atoms with Crippen LogP contribution in [-0.4, -0.2) is 5.78 Å². The highest BCUT2D eigenvalue weighted by Crippen LogP contribution is 2.42. The maximum Gasteiger partial charge on any atom is 0.133 e. The predicted octanol–water partition coefficient (Wildman–Crippen LogP) is 3.82. The highest BCUT2D eigenvalue weighted by Gasteiger charge is 2.35. The molecule has 0 amide bonds. The summed E-state index contributed by atoms with van der Waals surface area (Å²) in [5.41, 5.74) is 0.376. The second-order valence-corrected chi connectivity index (χ2v) is 5.80. The molecule has 1 fully saturated rings. The summed E-state index contributed by atoms with van der Waals surface area (Å²) in [6.45, 7) is 9.17. The predicted molar refractivity (Wildman–Crippen MR) is 60.2 cm³/mol. The molecule has 0 spiro atoms. The molecule has 82 valence electrons. The van der Waals surface area contributed by atoms with Crippen molar-refractivity contribution in [3.8, 4) is 0 Å². The first-order valence-electron chi connectivity index (χ1n) is 5.97. The molecule has 0 aromatic heterocycles. The summed E-state index contributed by atoms with van der Waals surface area (Å²) in [6.07, 6.45) is 5.23. The van der Waals surface area contributed by atoms with Crippen molar-refractivity contribution >= 4 is 5.78 Å². The third kappa shape index (κ3) is 2.83. The quantitative estimate of drug-likeness (QED) is 0.656. The molecule has 0 aromatic rings. The Morgan fingerprint density at radius 1 is 1.36 bits per heavy atom. The van der Waals surface area contributed by atoms with Crippen LogP contribution in [0, 0.1) is 17.3 Å². The van der Waals surface area contributed by atoms with Crippen molar-refractivity contribution in [1.82, 2.24) is 0 Å². The van der Waals surface area contributed by atoms with Gasteiger partial charge >= 0.3 is 0 Å². The number of hydrogen-bond donors (Lipinski definition) is 0. The van der Waals surface area contributed by atoms with Crippen molar-refractivity contribution in [2.45, 2.75) is 59.8 Å². The lowest BCUT2D eigenvalue weighted by atomic mass is 9.65. The van der Waals surface area contributed by atoms with E-state index in [-0.39, 0.29) is 0 Å². The van der Waals surface area contributed by atoms with Crippen molar-refractivity contribution in [2.75, 3.05) is 0 Å². The number of carbonyl (C=O) groups excluding carboxylic acids is 1.